The Morgan fingerprint density at radius 2 is 1.79 bits per heavy atom. The number of carbonyl (C=O) groups excluding carboxylic acids is 3. The molecule has 1 aromatic heterocycles. The highest BCUT2D eigenvalue weighted by molar-refractivity contribution is 6.23. The lowest BCUT2D eigenvalue weighted by Gasteiger charge is -2.27. The number of nitro benzene ring substituents is 1. The summed E-state index contributed by atoms with van der Waals surface area (Å²) in [4.78, 5) is 52.4. The molecule has 4 rings (SSSR count). The SMILES string of the molecule is CC(C)c1ccc(N2C(=O)CC(N(Cc3ccco3)C(=O)c3ccc([N+](=O)[O-])cc3)C2=O)cc1. The van der Waals surface area contributed by atoms with Crippen molar-refractivity contribution in [1.29, 1.82) is 0 Å². The minimum absolute atomic E-state index is 0.0351. The fourth-order valence-corrected chi connectivity index (χ4v) is 3.92. The lowest BCUT2D eigenvalue weighted by atomic mass is 10.0. The molecule has 34 heavy (non-hydrogen) atoms. The predicted octanol–water partition coefficient (Wildman–Crippen LogP) is 4.29. The number of carbonyl (C=O) groups is 3. The molecule has 0 aliphatic carbocycles. The molecule has 1 atom stereocenters. The minimum atomic E-state index is -1.04. The molecule has 1 saturated heterocycles. The highest BCUT2D eigenvalue weighted by atomic mass is 16.6. The van der Waals surface area contributed by atoms with Crippen LogP contribution < -0.4 is 4.90 Å². The molecule has 1 aliphatic heterocycles. The van der Waals surface area contributed by atoms with Gasteiger partial charge in [-0.25, -0.2) is 4.90 Å². The summed E-state index contributed by atoms with van der Waals surface area (Å²) in [7, 11) is 0. The van der Waals surface area contributed by atoms with Gasteiger partial charge in [0, 0.05) is 17.7 Å². The summed E-state index contributed by atoms with van der Waals surface area (Å²) in [5.74, 6) is -0.711. The van der Waals surface area contributed by atoms with Crippen LogP contribution in [0.15, 0.2) is 71.3 Å². The summed E-state index contributed by atoms with van der Waals surface area (Å²) in [5.41, 5.74) is 1.53. The number of nitrogens with zero attached hydrogens (tertiary/aromatic N) is 3. The van der Waals surface area contributed by atoms with Gasteiger partial charge in [0.2, 0.25) is 5.91 Å². The van der Waals surface area contributed by atoms with Crippen LogP contribution in [0.2, 0.25) is 0 Å². The molecule has 1 unspecified atom stereocenters. The van der Waals surface area contributed by atoms with Crippen molar-refractivity contribution in [3.63, 3.8) is 0 Å². The van der Waals surface area contributed by atoms with Gasteiger partial charge < -0.3 is 9.32 Å². The minimum Gasteiger partial charge on any atom is -0.467 e. The number of non-ortho nitro benzene ring substituents is 1. The Labute approximate surface area is 195 Å². The van der Waals surface area contributed by atoms with Gasteiger partial charge in [0.05, 0.1) is 29.8 Å². The number of hydrogen-bond donors (Lipinski definition) is 0. The van der Waals surface area contributed by atoms with Crippen molar-refractivity contribution >= 4 is 29.1 Å². The van der Waals surface area contributed by atoms with Crippen molar-refractivity contribution in [2.45, 2.75) is 38.8 Å². The van der Waals surface area contributed by atoms with E-state index in [4.69, 9.17) is 4.42 Å². The van der Waals surface area contributed by atoms with E-state index in [0.717, 1.165) is 10.5 Å². The number of amides is 3. The Kier molecular flexibility index (Phi) is 6.27. The second-order valence-electron chi connectivity index (χ2n) is 8.35. The van der Waals surface area contributed by atoms with Crippen LogP contribution in [0.5, 0.6) is 0 Å². The third kappa shape index (κ3) is 4.45. The van der Waals surface area contributed by atoms with Crippen LogP contribution in [-0.4, -0.2) is 33.6 Å². The second-order valence-corrected chi connectivity index (χ2v) is 8.35. The summed E-state index contributed by atoms with van der Waals surface area (Å²) < 4.78 is 5.38. The molecule has 1 aliphatic rings. The highest BCUT2D eigenvalue weighted by Crippen LogP contribution is 2.29. The average molecular weight is 461 g/mol. The predicted molar refractivity (Wildman–Crippen MR) is 123 cm³/mol. The Hall–Kier alpha value is -4.27. The van der Waals surface area contributed by atoms with Crippen molar-refractivity contribution in [1.82, 2.24) is 4.90 Å². The summed E-state index contributed by atoms with van der Waals surface area (Å²) in [6.07, 6.45) is 1.28. The fraction of sp³-hybridized carbons (Fsp3) is 0.240. The molecule has 9 nitrogen and oxygen atoms in total. The Bertz CT molecular complexity index is 1220. The monoisotopic (exact) mass is 461 g/mol. The van der Waals surface area contributed by atoms with Gasteiger partial charge in [0.15, 0.2) is 0 Å². The standard InChI is InChI=1S/C25H23N3O6/c1-16(2)17-5-9-19(10-6-17)27-23(29)14-22(25(27)31)26(15-21-4-3-13-34-21)24(30)18-7-11-20(12-8-18)28(32)33/h3-13,16,22H,14-15H2,1-2H3. The maximum absolute atomic E-state index is 13.4. The third-order valence-corrected chi connectivity index (χ3v) is 5.81. The Morgan fingerprint density at radius 1 is 1.12 bits per heavy atom. The van der Waals surface area contributed by atoms with Crippen molar-refractivity contribution in [3.8, 4) is 0 Å². The molecule has 3 aromatic rings. The van der Waals surface area contributed by atoms with E-state index >= 15 is 0 Å². The largest absolute Gasteiger partial charge is 0.467 e. The van der Waals surface area contributed by atoms with Gasteiger partial charge in [-0.1, -0.05) is 26.0 Å². The normalized spacial score (nSPS) is 15.7. The molecule has 2 aromatic carbocycles. The number of furan rings is 1. The number of imide groups is 1. The van der Waals surface area contributed by atoms with Crippen LogP contribution in [0.25, 0.3) is 0 Å². The molecular formula is C25H23N3O6. The molecule has 0 bridgehead atoms. The van der Waals surface area contributed by atoms with E-state index in [1.54, 1.807) is 24.3 Å². The first-order chi connectivity index (χ1) is 16.3. The maximum atomic E-state index is 13.4. The van der Waals surface area contributed by atoms with Crippen LogP contribution in [0, 0.1) is 10.1 Å². The van der Waals surface area contributed by atoms with Crippen LogP contribution in [0.3, 0.4) is 0 Å². The summed E-state index contributed by atoms with van der Waals surface area (Å²) in [5, 5.41) is 11.0. The van der Waals surface area contributed by atoms with Gasteiger partial charge in [-0.3, -0.25) is 24.5 Å². The number of nitro groups is 1. The molecular weight excluding hydrogens is 438 g/mol. The van der Waals surface area contributed by atoms with E-state index in [-0.39, 0.29) is 24.2 Å². The molecule has 1 fully saturated rings. The molecule has 2 heterocycles. The number of anilines is 1. The fourth-order valence-electron chi connectivity index (χ4n) is 3.92. The van der Waals surface area contributed by atoms with Gasteiger partial charge in [0.1, 0.15) is 11.8 Å². The summed E-state index contributed by atoms with van der Waals surface area (Å²) >= 11 is 0. The number of benzene rings is 2. The van der Waals surface area contributed by atoms with Gasteiger partial charge >= 0.3 is 0 Å². The highest BCUT2D eigenvalue weighted by Gasteiger charge is 2.44. The summed E-state index contributed by atoms with van der Waals surface area (Å²) in [6.45, 7) is 4.06. The van der Waals surface area contributed by atoms with Crippen LogP contribution in [0.4, 0.5) is 11.4 Å². The van der Waals surface area contributed by atoms with Crippen LogP contribution >= 0.6 is 0 Å². The molecule has 3 amide bonds. The molecule has 0 radical (unpaired) electrons. The van der Waals surface area contributed by atoms with Crippen LogP contribution in [0.1, 0.15) is 47.9 Å². The van der Waals surface area contributed by atoms with E-state index in [0.29, 0.717) is 17.4 Å². The summed E-state index contributed by atoms with van der Waals surface area (Å²) in [6, 6.07) is 14.6. The Balaban J connectivity index is 1.64. The smallest absolute Gasteiger partial charge is 0.269 e. The molecule has 0 saturated carbocycles. The maximum Gasteiger partial charge on any atom is 0.269 e. The van der Waals surface area contributed by atoms with E-state index in [2.05, 4.69) is 0 Å². The van der Waals surface area contributed by atoms with Crippen molar-refractivity contribution in [3.05, 3.63) is 93.9 Å². The van der Waals surface area contributed by atoms with Crippen molar-refractivity contribution in [2.24, 2.45) is 0 Å². The van der Waals surface area contributed by atoms with Crippen LogP contribution in [-0.2, 0) is 16.1 Å². The van der Waals surface area contributed by atoms with E-state index in [1.807, 2.05) is 26.0 Å². The molecule has 0 spiro atoms. The van der Waals surface area contributed by atoms with Gasteiger partial charge in [-0.05, 0) is 47.9 Å². The van der Waals surface area contributed by atoms with Crippen molar-refractivity contribution < 1.29 is 23.7 Å². The van der Waals surface area contributed by atoms with Gasteiger partial charge in [-0.2, -0.15) is 0 Å². The topological polar surface area (TPSA) is 114 Å². The lowest BCUT2D eigenvalue weighted by Crippen LogP contribution is -2.45. The van der Waals surface area contributed by atoms with E-state index < -0.39 is 28.7 Å². The molecule has 174 valence electrons. The van der Waals surface area contributed by atoms with Gasteiger partial charge in [-0.15, -0.1) is 0 Å². The van der Waals surface area contributed by atoms with Gasteiger partial charge in [0.25, 0.3) is 17.5 Å². The third-order valence-electron chi connectivity index (χ3n) is 5.81. The first-order valence-electron chi connectivity index (χ1n) is 10.8. The van der Waals surface area contributed by atoms with E-state index in [9.17, 15) is 24.5 Å². The zero-order valence-corrected chi connectivity index (χ0v) is 18.7. The number of hydrogen-bond acceptors (Lipinski definition) is 6. The quantitative estimate of drug-likeness (QED) is 0.295. The molecule has 0 N–H and O–H groups in total. The molecule has 9 heteroatoms. The Morgan fingerprint density at radius 3 is 2.35 bits per heavy atom. The number of rotatable bonds is 7. The van der Waals surface area contributed by atoms with Crippen molar-refractivity contribution in [2.75, 3.05) is 4.90 Å². The zero-order valence-electron chi connectivity index (χ0n) is 18.7. The first-order valence-corrected chi connectivity index (χ1v) is 10.8. The lowest BCUT2D eigenvalue weighted by molar-refractivity contribution is -0.384. The first kappa shape index (κ1) is 22.9. The average Bonchev–Trinajstić information content (AvgIpc) is 3.44. The van der Waals surface area contributed by atoms with E-state index in [1.165, 1.54) is 35.4 Å². The second kappa shape index (κ2) is 9.30. The zero-order chi connectivity index (χ0) is 24.4.